The van der Waals surface area contributed by atoms with Crippen molar-refractivity contribution in [2.24, 2.45) is 5.92 Å². The zero-order chi connectivity index (χ0) is 14.4. The van der Waals surface area contributed by atoms with Gasteiger partial charge in [0.25, 0.3) is 5.91 Å². The summed E-state index contributed by atoms with van der Waals surface area (Å²) in [5, 5.41) is 2.73. The third-order valence-electron chi connectivity index (χ3n) is 3.44. The molecule has 1 saturated heterocycles. The summed E-state index contributed by atoms with van der Waals surface area (Å²) in [6.07, 6.45) is 5.67. The van der Waals surface area contributed by atoms with Gasteiger partial charge in [-0.15, -0.1) is 0 Å². The lowest BCUT2D eigenvalue weighted by molar-refractivity contribution is 0.0931. The molecule has 6 nitrogen and oxygen atoms in total. The highest BCUT2D eigenvalue weighted by atomic mass is 16.5. The quantitative estimate of drug-likeness (QED) is 0.817. The minimum Gasteiger partial charge on any atom is -0.383 e. The smallest absolute Gasteiger partial charge is 0.271 e. The standard InChI is InChI=1S/C14H22N4O2/c1-11-4-3-6-18(10-11)13-9-16-12(8-17-13)14(19)15-5-7-20-2/h8-9,11H,3-7,10H2,1-2H3,(H,15,19). The van der Waals surface area contributed by atoms with E-state index in [1.807, 2.05) is 0 Å². The second-order valence-electron chi connectivity index (χ2n) is 5.20. The van der Waals surface area contributed by atoms with Crippen molar-refractivity contribution in [3.63, 3.8) is 0 Å². The molecule has 0 spiro atoms. The van der Waals surface area contributed by atoms with Gasteiger partial charge in [-0.25, -0.2) is 9.97 Å². The first kappa shape index (κ1) is 14.7. The Morgan fingerprint density at radius 1 is 1.50 bits per heavy atom. The fraction of sp³-hybridized carbons (Fsp3) is 0.643. The zero-order valence-electron chi connectivity index (χ0n) is 12.1. The van der Waals surface area contributed by atoms with Crippen molar-refractivity contribution in [3.8, 4) is 0 Å². The van der Waals surface area contributed by atoms with Crippen molar-refractivity contribution in [3.05, 3.63) is 18.1 Å². The number of carbonyl (C=O) groups is 1. The SMILES string of the molecule is COCCNC(=O)c1cnc(N2CCCC(C)C2)cn1. The number of hydrogen-bond acceptors (Lipinski definition) is 5. The van der Waals surface area contributed by atoms with Gasteiger partial charge < -0.3 is 15.0 Å². The number of nitrogens with one attached hydrogen (secondary N) is 1. The molecule has 1 aromatic rings. The number of anilines is 1. The van der Waals surface area contributed by atoms with Crippen molar-refractivity contribution in [1.29, 1.82) is 0 Å². The molecular weight excluding hydrogens is 256 g/mol. The van der Waals surface area contributed by atoms with Crippen LogP contribution in [-0.2, 0) is 4.74 Å². The largest absolute Gasteiger partial charge is 0.383 e. The maximum atomic E-state index is 11.8. The Bertz CT molecular complexity index is 435. The van der Waals surface area contributed by atoms with Gasteiger partial charge in [0.2, 0.25) is 0 Å². The molecule has 0 aromatic carbocycles. The van der Waals surface area contributed by atoms with Crippen LogP contribution in [-0.4, -0.2) is 49.2 Å². The maximum absolute atomic E-state index is 11.8. The van der Waals surface area contributed by atoms with E-state index in [1.54, 1.807) is 13.3 Å². The number of ether oxygens (including phenoxy) is 1. The normalized spacial score (nSPS) is 18.9. The molecule has 0 bridgehead atoms. The predicted molar refractivity (Wildman–Crippen MR) is 76.9 cm³/mol. The number of aromatic nitrogens is 2. The summed E-state index contributed by atoms with van der Waals surface area (Å²) in [6, 6.07) is 0. The summed E-state index contributed by atoms with van der Waals surface area (Å²) in [5.41, 5.74) is 0.343. The van der Waals surface area contributed by atoms with Gasteiger partial charge in [-0.2, -0.15) is 0 Å². The van der Waals surface area contributed by atoms with E-state index < -0.39 is 0 Å². The third-order valence-corrected chi connectivity index (χ3v) is 3.44. The highest BCUT2D eigenvalue weighted by Gasteiger charge is 2.18. The molecule has 1 N–H and O–H groups in total. The lowest BCUT2D eigenvalue weighted by atomic mass is 10.0. The lowest BCUT2D eigenvalue weighted by Crippen LogP contribution is -2.35. The van der Waals surface area contributed by atoms with Crippen molar-refractivity contribution in [1.82, 2.24) is 15.3 Å². The molecule has 1 fully saturated rings. The van der Waals surface area contributed by atoms with E-state index in [4.69, 9.17) is 4.74 Å². The van der Waals surface area contributed by atoms with Gasteiger partial charge in [0.05, 0.1) is 19.0 Å². The number of carbonyl (C=O) groups excluding carboxylic acids is 1. The lowest BCUT2D eigenvalue weighted by Gasteiger charge is -2.31. The Balaban J connectivity index is 1.93. The van der Waals surface area contributed by atoms with Gasteiger partial charge in [-0.05, 0) is 18.8 Å². The van der Waals surface area contributed by atoms with Crippen LogP contribution in [0.1, 0.15) is 30.3 Å². The molecule has 6 heteroatoms. The molecule has 20 heavy (non-hydrogen) atoms. The van der Waals surface area contributed by atoms with Crippen LogP contribution in [0, 0.1) is 5.92 Å². The summed E-state index contributed by atoms with van der Waals surface area (Å²) < 4.78 is 4.88. The minimum absolute atomic E-state index is 0.215. The predicted octanol–water partition coefficient (Wildman–Crippen LogP) is 1.09. The number of piperidine rings is 1. The molecule has 0 aliphatic carbocycles. The number of nitrogens with zero attached hydrogens (tertiary/aromatic N) is 3. The average molecular weight is 278 g/mol. The Labute approximate surface area is 119 Å². The minimum atomic E-state index is -0.215. The van der Waals surface area contributed by atoms with Crippen molar-refractivity contribution < 1.29 is 9.53 Å². The molecule has 0 radical (unpaired) electrons. The zero-order valence-corrected chi connectivity index (χ0v) is 12.1. The van der Waals surface area contributed by atoms with Crippen LogP contribution in [0.15, 0.2) is 12.4 Å². The third kappa shape index (κ3) is 3.90. The van der Waals surface area contributed by atoms with E-state index in [9.17, 15) is 4.79 Å². The van der Waals surface area contributed by atoms with Gasteiger partial charge in [0.1, 0.15) is 11.5 Å². The molecule has 2 heterocycles. The van der Waals surface area contributed by atoms with E-state index in [-0.39, 0.29) is 5.91 Å². The first-order valence-corrected chi connectivity index (χ1v) is 7.05. The Morgan fingerprint density at radius 3 is 3.00 bits per heavy atom. The van der Waals surface area contributed by atoms with E-state index in [2.05, 4.69) is 27.1 Å². The van der Waals surface area contributed by atoms with Crippen LogP contribution in [0.5, 0.6) is 0 Å². The van der Waals surface area contributed by atoms with Crippen molar-refractivity contribution in [2.45, 2.75) is 19.8 Å². The van der Waals surface area contributed by atoms with Gasteiger partial charge in [0.15, 0.2) is 0 Å². The van der Waals surface area contributed by atoms with E-state index in [0.717, 1.165) is 18.9 Å². The molecule has 1 aliphatic rings. The van der Waals surface area contributed by atoms with Gasteiger partial charge in [-0.3, -0.25) is 4.79 Å². The van der Waals surface area contributed by atoms with E-state index >= 15 is 0 Å². The van der Waals surface area contributed by atoms with Crippen LogP contribution in [0.25, 0.3) is 0 Å². The van der Waals surface area contributed by atoms with Crippen molar-refractivity contribution in [2.75, 3.05) is 38.3 Å². The molecule has 110 valence electrons. The number of amides is 1. The summed E-state index contributed by atoms with van der Waals surface area (Å²) >= 11 is 0. The number of rotatable bonds is 5. The fourth-order valence-corrected chi connectivity index (χ4v) is 2.36. The van der Waals surface area contributed by atoms with Crippen LogP contribution >= 0.6 is 0 Å². The summed E-state index contributed by atoms with van der Waals surface area (Å²) in [4.78, 5) is 22.6. The molecule has 1 amide bonds. The van der Waals surface area contributed by atoms with Gasteiger partial charge in [-0.1, -0.05) is 6.92 Å². The van der Waals surface area contributed by atoms with E-state index in [0.29, 0.717) is 24.8 Å². The first-order valence-electron chi connectivity index (χ1n) is 7.05. The van der Waals surface area contributed by atoms with Crippen LogP contribution in [0.2, 0.25) is 0 Å². The number of hydrogen-bond donors (Lipinski definition) is 1. The maximum Gasteiger partial charge on any atom is 0.271 e. The van der Waals surface area contributed by atoms with Crippen LogP contribution < -0.4 is 10.2 Å². The second-order valence-corrected chi connectivity index (χ2v) is 5.20. The van der Waals surface area contributed by atoms with Gasteiger partial charge >= 0.3 is 0 Å². The summed E-state index contributed by atoms with van der Waals surface area (Å²) in [5.74, 6) is 1.32. The Hall–Kier alpha value is -1.69. The Morgan fingerprint density at radius 2 is 2.35 bits per heavy atom. The van der Waals surface area contributed by atoms with Crippen molar-refractivity contribution >= 4 is 11.7 Å². The fourth-order valence-electron chi connectivity index (χ4n) is 2.36. The number of methoxy groups -OCH3 is 1. The molecule has 1 aliphatic heterocycles. The van der Waals surface area contributed by atoms with Crippen LogP contribution in [0.4, 0.5) is 5.82 Å². The molecule has 1 aromatic heterocycles. The van der Waals surface area contributed by atoms with E-state index in [1.165, 1.54) is 19.0 Å². The molecule has 0 saturated carbocycles. The highest BCUT2D eigenvalue weighted by Crippen LogP contribution is 2.20. The Kier molecular flexibility index (Phi) is 5.29. The topological polar surface area (TPSA) is 67.3 Å². The molecule has 1 unspecified atom stereocenters. The van der Waals surface area contributed by atoms with Gasteiger partial charge in [0, 0.05) is 26.7 Å². The summed E-state index contributed by atoms with van der Waals surface area (Å²) in [7, 11) is 1.60. The molecular formula is C14H22N4O2. The highest BCUT2D eigenvalue weighted by molar-refractivity contribution is 5.91. The summed E-state index contributed by atoms with van der Waals surface area (Å²) in [6.45, 7) is 5.23. The monoisotopic (exact) mass is 278 g/mol. The molecule has 1 atom stereocenters. The second kappa shape index (κ2) is 7.19. The van der Waals surface area contributed by atoms with Crippen LogP contribution in [0.3, 0.4) is 0 Å². The first-order chi connectivity index (χ1) is 9.70. The molecule has 2 rings (SSSR count). The average Bonchev–Trinajstić information content (AvgIpc) is 2.47.